The second-order valence-electron chi connectivity index (χ2n) is 4.47. The third-order valence-corrected chi connectivity index (χ3v) is 3.02. The highest BCUT2D eigenvalue weighted by Gasteiger charge is 2.07. The predicted molar refractivity (Wildman–Crippen MR) is 77.5 cm³/mol. The molecule has 0 amide bonds. The third-order valence-electron chi connectivity index (χ3n) is 3.02. The summed E-state index contributed by atoms with van der Waals surface area (Å²) in [5, 5.41) is 16.1. The van der Waals surface area contributed by atoms with Crippen molar-refractivity contribution in [2.24, 2.45) is 0 Å². The van der Waals surface area contributed by atoms with E-state index in [9.17, 15) is 0 Å². The van der Waals surface area contributed by atoms with Crippen LogP contribution in [-0.4, -0.2) is 16.4 Å². The van der Waals surface area contributed by atoms with Gasteiger partial charge in [-0.15, -0.1) is 0 Å². The molecule has 0 aliphatic rings. The number of hydrogen-bond acceptors (Lipinski definition) is 4. The maximum atomic E-state index is 8.46. The average Bonchev–Trinajstić information content (AvgIpc) is 2.93. The molecule has 5 nitrogen and oxygen atoms in total. The molecule has 1 aromatic carbocycles. The van der Waals surface area contributed by atoms with Gasteiger partial charge in [-0.2, -0.15) is 10.4 Å². The number of rotatable bonds is 6. The first-order valence-corrected chi connectivity index (χ1v) is 6.61. The summed E-state index contributed by atoms with van der Waals surface area (Å²) in [5.41, 5.74) is 2.16. The summed E-state index contributed by atoms with van der Waals surface area (Å²) in [6, 6.07) is 9.87. The number of anilines is 1. The van der Waals surface area contributed by atoms with E-state index in [1.807, 2.05) is 47.4 Å². The van der Waals surface area contributed by atoms with E-state index in [1.165, 1.54) is 0 Å². The molecule has 1 heterocycles. The van der Waals surface area contributed by atoms with Crippen LogP contribution in [-0.2, 0) is 6.54 Å². The van der Waals surface area contributed by atoms with Crippen molar-refractivity contribution >= 4 is 5.69 Å². The second kappa shape index (κ2) is 6.62. The SMILES string of the molecule is CCn1cc(NC(C)c2ccc(OCC#N)cc2)cn1. The van der Waals surface area contributed by atoms with E-state index in [-0.39, 0.29) is 12.6 Å². The fraction of sp³-hybridized carbons (Fsp3) is 0.333. The van der Waals surface area contributed by atoms with E-state index < -0.39 is 0 Å². The largest absolute Gasteiger partial charge is 0.479 e. The normalized spacial score (nSPS) is 11.7. The highest BCUT2D eigenvalue weighted by molar-refractivity contribution is 5.42. The molecule has 0 spiro atoms. The Kier molecular flexibility index (Phi) is 4.61. The van der Waals surface area contributed by atoms with Crippen LogP contribution in [0.4, 0.5) is 5.69 Å². The van der Waals surface area contributed by atoms with Crippen LogP contribution in [0.25, 0.3) is 0 Å². The van der Waals surface area contributed by atoms with Crippen molar-refractivity contribution in [1.82, 2.24) is 9.78 Å². The van der Waals surface area contributed by atoms with Gasteiger partial charge in [0.25, 0.3) is 0 Å². The lowest BCUT2D eigenvalue weighted by molar-refractivity contribution is 0.368. The summed E-state index contributed by atoms with van der Waals surface area (Å²) >= 11 is 0. The molecular formula is C15H18N4O. The summed E-state index contributed by atoms with van der Waals surface area (Å²) < 4.78 is 7.11. The van der Waals surface area contributed by atoms with E-state index in [0.717, 1.165) is 17.8 Å². The molecule has 0 fully saturated rings. The topological polar surface area (TPSA) is 62.9 Å². The van der Waals surface area contributed by atoms with Crippen LogP contribution in [0.5, 0.6) is 5.75 Å². The molecule has 104 valence electrons. The van der Waals surface area contributed by atoms with Crippen molar-refractivity contribution < 1.29 is 4.74 Å². The number of ether oxygens (including phenoxy) is 1. The minimum Gasteiger partial charge on any atom is -0.479 e. The van der Waals surface area contributed by atoms with Crippen molar-refractivity contribution in [1.29, 1.82) is 5.26 Å². The van der Waals surface area contributed by atoms with Gasteiger partial charge in [0, 0.05) is 18.8 Å². The number of benzene rings is 1. The van der Waals surface area contributed by atoms with Gasteiger partial charge in [-0.3, -0.25) is 4.68 Å². The maximum Gasteiger partial charge on any atom is 0.174 e. The highest BCUT2D eigenvalue weighted by Crippen LogP contribution is 2.21. The van der Waals surface area contributed by atoms with Crippen LogP contribution in [0.15, 0.2) is 36.7 Å². The van der Waals surface area contributed by atoms with Gasteiger partial charge in [-0.05, 0) is 31.5 Å². The van der Waals surface area contributed by atoms with Crippen molar-refractivity contribution in [3.63, 3.8) is 0 Å². The Morgan fingerprint density at radius 2 is 2.15 bits per heavy atom. The summed E-state index contributed by atoms with van der Waals surface area (Å²) in [4.78, 5) is 0. The van der Waals surface area contributed by atoms with Crippen LogP contribution >= 0.6 is 0 Å². The molecular weight excluding hydrogens is 252 g/mol. The van der Waals surface area contributed by atoms with Crippen molar-refractivity contribution in [3.05, 3.63) is 42.2 Å². The van der Waals surface area contributed by atoms with Crippen LogP contribution in [0.1, 0.15) is 25.5 Å². The van der Waals surface area contributed by atoms with Gasteiger partial charge in [0.05, 0.1) is 11.9 Å². The molecule has 0 aliphatic heterocycles. The van der Waals surface area contributed by atoms with E-state index in [2.05, 4.69) is 24.3 Å². The molecule has 1 aromatic heterocycles. The number of aryl methyl sites for hydroxylation is 1. The Hall–Kier alpha value is -2.48. The lowest BCUT2D eigenvalue weighted by Crippen LogP contribution is -2.06. The minimum absolute atomic E-state index is 0.0728. The summed E-state index contributed by atoms with van der Waals surface area (Å²) in [6.45, 7) is 5.08. The molecule has 0 radical (unpaired) electrons. The Balaban J connectivity index is 1.98. The smallest absolute Gasteiger partial charge is 0.174 e. The number of nitrogens with one attached hydrogen (secondary N) is 1. The monoisotopic (exact) mass is 270 g/mol. The first-order valence-electron chi connectivity index (χ1n) is 6.61. The first kappa shape index (κ1) is 13.9. The fourth-order valence-corrected chi connectivity index (χ4v) is 1.91. The molecule has 0 bridgehead atoms. The van der Waals surface area contributed by atoms with Gasteiger partial charge in [0.15, 0.2) is 6.61 Å². The number of aromatic nitrogens is 2. The molecule has 0 saturated heterocycles. The van der Waals surface area contributed by atoms with E-state index in [4.69, 9.17) is 10.00 Å². The van der Waals surface area contributed by atoms with Gasteiger partial charge in [-0.1, -0.05) is 12.1 Å². The first-order chi connectivity index (χ1) is 9.72. The van der Waals surface area contributed by atoms with Gasteiger partial charge in [0.1, 0.15) is 11.8 Å². The standard InChI is InChI=1S/C15H18N4O/c1-3-19-11-14(10-17-19)18-12(2)13-4-6-15(7-5-13)20-9-8-16/h4-7,10-12,18H,3,9H2,1-2H3. The molecule has 2 aromatic rings. The Morgan fingerprint density at radius 1 is 1.40 bits per heavy atom. The lowest BCUT2D eigenvalue weighted by atomic mass is 10.1. The van der Waals surface area contributed by atoms with Gasteiger partial charge >= 0.3 is 0 Å². The Bertz CT molecular complexity index is 583. The zero-order valence-corrected chi connectivity index (χ0v) is 11.7. The Morgan fingerprint density at radius 3 is 2.75 bits per heavy atom. The molecule has 1 N–H and O–H groups in total. The van der Waals surface area contributed by atoms with Crippen LogP contribution in [0.3, 0.4) is 0 Å². The molecule has 2 rings (SSSR count). The number of hydrogen-bond donors (Lipinski definition) is 1. The molecule has 1 atom stereocenters. The van der Waals surface area contributed by atoms with Crippen LogP contribution in [0.2, 0.25) is 0 Å². The molecule has 5 heteroatoms. The zero-order chi connectivity index (χ0) is 14.4. The second-order valence-corrected chi connectivity index (χ2v) is 4.47. The summed E-state index contributed by atoms with van der Waals surface area (Å²) in [6.07, 6.45) is 3.81. The van der Waals surface area contributed by atoms with Crippen molar-refractivity contribution in [2.45, 2.75) is 26.4 Å². The van der Waals surface area contributed by atoms with Crippen molar-refractivity contribution in [3.8, 4) is 11.8 Å². The number of nitriles is 1. The summed E-state index contributed by atoms with van der Waals surface area (Å²) in [5.74, 6) is 0.710. The van der Waals surface area contributed by atoms with E-state index in [0.29, 0.717) is 5.75 Å². The van der Waals surface area contributed by atoms with Crippen molar-refractivity contribution in [2.75, 3.05) is 11.9 Å². The predicted octanol–water partition coefficient (Wildman–Crippen LogP) is 2.98. The van der Waals surface area contributed by atoms with E-state index in [1.54, 1.807) is 0 Å². The van der Waals surface area contributed by atoms with Crippen LogP contribution < -0.4 is 10.1 Å². The average molecular weight is 270 g/mol. The van der Waals surface area contributed by atoms with Gasteiger partial charge in [0.2, 0.25) is 0 Å². The van der Waals surface area contributed by atoms with Crippen LogP contribution in [0, 0.1) is 11.3 Å². The molecule has 0 saturated carbocycles. The molecule has 20 heavy (non-hydrogen) atoms. The molecule has 0 aliphatic carbocycles. The minimum atomic E-state index is 0.0728. The summed E-state index contributed by atoms with van der Waals surface area (Å²) in [7, 11) is 0. The Labute approximate surface area is 118 Å². The highest BCUT2D eigenvalue weighted by atomic mass is 16.5. The fourth-order valence-electron chi connectivity index (χ4n) is 1.91. The maximum absolute atomic E-state index is 8.46. The zero-order valence-electron chi connectivity index (χ0n) is 11.7. The van der Waals surface area contributed by atoms with E-state index >= 15 is 0 Å². The third kappa shape index (κ3) is 3.51. The van der Waals surface area contributed by atoms with Gasteiger partial charge in [-0.25, -0.2) is 0 Å². The van der Waals surface area contributed by atoms with Gasteiger partial charge < -0.3 is 10.1 Å². The molecule has 1 unspecified atom stereocenters. The quantitative estimate of drug-likeness (QED) is 0.876. The number of nitrogens with zero attached hydrogens (tertiary/aromatic N) is 3. The lowest BCUT2D eigenvalue weighted by Gasteiger charge is -2.14.